The highest BCUT2D eigenvalue weighted by Gasteiger charge is 2.56. The standard InChI is InChI=1S/C30H20O4/c1-2-13-29(25(31)21-7-3-4-8-22(21)26(29)32)15-18-11-12-19-16-30(17-20(19)14-18)27(33)23-9-5-6-10-24(23)28(30)34/h1,3-12,14H,13,15-17H2. The molecule has 3 aliphatic carbocycles. The van der Waals surface area contributed by atoms with Crippen LogP contribution in [-0.4, -0.2) is 23.1 Å². The quantitative estimate of drug-likeness (QED) is 0.441. The number of carbonyl (C=O) groups is 4. The second-order valence-electron chi connectivity index (χ2n) is 9.59. The topological polar surface area (TPSA) is 68.3 Å². The Morgan fingerprint density at radius 1 is 0.676 bits per heavy atom. The molecule has 0 unspecified atom stereocenters. The molecule has 0 N–H and O–H groups in total. The van der Waals surface area contributed by atoms with Crippen LogP contribution in [0.4, 0.5) is 0 Å². The summed E-state index contributed by atoms with van der Waals surface area (Å²) in [7, 11) is 0. The van der Waals surface area contributed by atoms with Crippen molar-refractivity contribution in [2.24, 2.45) is 10.8 Å². The van der Waals surface area contributed by atoms with Crippen molar-refractivity contribution < 1.29 is 19.2 Å². The number of hydrogen-bond donors (Lipinski definition) is 0. The Morgan fingerprint density at radius 3 is 1.71 bits per heavy atom. The minimum atomic E-state index is -1.32. The fraction of sp³-hybridized carbons (Fsp3) is 0.200. The molecule has 0 saturated heterocycles. The van der Waals surface area contributed by atoms with E-state index < -0.39 is 10.8 Å². The van der Waals surface area contributed by atoms with Crippen LogP contribution in [0.5, 0.6) is 0 Å². The van der Waals surface area contributed by atoms with E-state index in [1.54, 1.807) is 48.5 Å². The minimum Gasteiger partial charge on any atom is -0.293 e. The lowest BCUT2D eigenvalue weighted by atomic mass is 9.74. The Hall–Kier alpha value is -4.10. The monoisotopic (exact) mass is 444 g/mol. The van der Waals surface area contributed by atoms with Gasteiger partial charge in [0.25, 0.3) is 0 Å². The Balaban J connectivity index is 1.36. The average Bonchev–Trinajstić information content (AvgIpc) is 3.41. The van der Waals surface area contributed by atoms with Crippen LogP contribution >= 0.6 is 0 Å². The number of rotatable bonds is 3. The van der Waals surface area contributed by atoms with Gasteiger partial charge in [0.2, 0.25) is 0 Å². The van der Waals surface area contributed by atoms with E-state index in [9.17, 15) is 19.2 Å². The van der Waals surface area contributed by atoms with E-state index in [0.717, 1.165) is 16.7 Å². The summed E-state index contributed by atoms with van der Waals surface area (Å²) in [5.41, 5.74) is 2.09. The molecule has 0 saturated carbocycles. The molecular formula is C30H20O4. The first-order valence-corrected chi connectivity index (χ1v) is 11.3. The number of Topliss-reactive ketones (excluding diaryl/α,β-unsaturated/α-hetero) is 4. The molecule has 4 nitrogen and oxygen atoms in total. The lowest BCUT2D eigenvalue weighted by Crippen LogP contribution is -2.35. The highest BCUT2D eigenvalue weighted by molar-refractivity contribution is 6.30. The fourth-order valence-electron chi connectivity index (χ4n) is 6.06. The van der Waals surface area contributed by atoms with Gasteiger partial charge in [0.1, 0.15) is 10.8 Å². The molecule has 0 heterocycles. The van der Waals surface area contributed by atoms with Crippen molar-refractivity contribution in [1.82, 2.24) is 0 Å². The highest BCUT2D eigenvalue weighted by Crippen LogP contribution is 2.48. The zero-order valence-corrected chi connectivity index (χ0v) is 18.4. The molecule has 3 aliphatic rings. The number of fused-ring (bicyclic) bond motifs is 3. The van der Waals surface area contributed by atoms with Gasteiger partial charge in [0, 0.05) is 28.7 Å². The summed E-state index contributed by atoms with van der Waals surface area (Å²) < 4.78 is 0. The number of benzene rings is 3. The second kappa shape index (κ2) is 6.95. The summed E-state index contributed by atoms with van der Waals surface area (Å²) in [4.78, 5) is 53.3. The Bertz CT molecular complexity index is 1430. The van der Waals surface area contributed by atoms with E-state index in [1.165, 1.54) is 0 Å². The summed E-state index contributed by atoms with van der Waals surface area (Å²) in [6.07, 6.45) is 6.52. The predicted octanol–water partition coefficient (Wildman–Crippen LogP) is 4.48. The van der Waals surface area contributed by atoms with Gasteiger partial charge >= 0.3 is 0 Å². The van der Waals surface area contributed by atoms with Crippen molar-refractivity contribution in [3.8, 4) is 12.3 Å². The molecule has 0 radical (unpaired) electrons. The van der Waals surface area contributed by atoms with Crippen molar-refractivity contribution >= 4 is 23.1 Å². The van der Waals surface area contributed by atoms with Crippen molar-refractivity contribution in [1.29, 1.82) is 0 Å². The maximum absolute atomic E-state index is 13.4. The van der Waals surface area contributed by atoms with Crippen LogP contribution in [0.3, 0.4) is 0 Å². The molecule has 3 aromatic rings. The van der Waals surface area contributed by atoms with E-state index in [2.05, 4.69) is 5.92 Å². The third-order valence-electron chi connectivity index (χ3n) is 7.74. The van der Waals surface area contributed by atoms with Crippen molar-refractivity contribution in [2.45, 2.75) is 25.7 Å². The molecule has 0 bridgehead atoms. The van der Waals surface area contributed by atoms with Crippen LogP contribution in [0.2, 0.25) is 0 Å². The molecule has 1 spiro atoms. The molecule has 0 aromatic heterocycles. The van der Waals surface area contributed by atoms with E-state index in [1.807, 2.05) is 18.2 Å². The predicted molar refractivity (Wildman–Crippen MR) is 126 cm³/mol. The molecule has 0 aliphatic heterocycles. The van der Waals surface area contributed by atoms with Gasteiger partial charge < -0.3 is 0 Å². The largest absolute Gasteiger partial charge is 0.293 e. The van der Waals surface area contributed by atoms with Crippen LogP contribution in [-0.2, 0) is 19.3 Å². The van der Waals surface area contributed by atoms with Gasteiger partial charge in [-0.2, -0.15) is 0 Å². The van der Waals surface area contributed by atoms with E-state index in [4.69, 9.17) is 6.42 Å². The van der Waals surface area contributed by atoms with Crippen molar-refractivity contribution in [3.63, 3.8) is 0 Å². The SMILES string of the molecule is C#CCC1(Cc2ccc3c(c2)CC2(C3)C(=O)c3ccccc3C2=O)C(=O)c2ccccc2C1=O. The molecule has 6 rings (SSSR count). The average molecular weight is 444 g/mol. The number of hydrogen-bond acceptors (Lipinski definition) is 4. The first-order valence-electron chi connectivity index (χ1n) is 11.3. The van der Waals surface area contributed by atoms with Gasteiger partial charge in [-0.3, -0.25) is 19.2 Å². The third-order valence-corrected chi connectivity index (χ3v) is 7.74. The highest BCUT2D eigenvalue weighted by atomic mass is 16.2. The normalized spacial score (nSPS) is 18.7. The van der Waals surface area contributed by atoms with Gasteiger partial charge in [-0.25, -0.2) is 0 Å². The summed E-state index contributed by atoms with van der Waals surface area (Å²) in [6, 6.07) is 19.6. The molecule has 3 aromatic carbocycles. The van der Waals surface area contributed by atoms with E-state index in [0.29, 0.717) is 35.1 Å². The smallest absolute Gasteiger partial charge is 0.178 e. The summed E-state index contributed by atoms with van der Waals surface area (Å²) in [6.45, 7) is 0. The van der Waals surface area contributed by atoms with E-state index >= 15 is 0 Å². The Kier molecular flexibility index (Phi) is 4.19. The molecule has 0 amide bonds. The first kappa shape index (κ1) is 20.5. The van der Waals surface area contributed by atoms with Gasteiger partial charge in [-0.1, -0.05) is 66.7 Å². The second-order valence-corrected chi connectivity index (χ2v) is 9.59. The Labute approximate surface area is 197 Å². The lowest BCUT2D eigenvalue weighted by molar-refractivity contribution is 0.0693. The van der Waals surface area contributed by atoms with Gasteiger partial charge in [-0.05, 0) is 36.0 Å². The zero-order valence-electron chi connectivity index (χ0n) is 18.4. The molecule has 34 heavy (non-hydrogen) atoms. The number of ketones is 4. The molecule has 4 heteroatoms. The van der Waals surface area contributed by atoms with Crippen LogP contribution < -0.4 is 0 Å². The first-order chi connectivity index (χ1) is 16.4. The van der Waals surface area contributed by atoms with Crippen molar-refractivity contribution in [3.05, 3.63) is 106 Å². The van der Waals surface area contributed by atoms with Crippen LogP contribution in [0.25, 0.3) is 0 Å². The number of terminal acetylenes is 1. The zero-order chi connectivity index (χ0) is 23.7. The Morgan fingerprint density at radius 2 is 1.18 bits per heavy atom. The van der Waals surface area contributed by atoms with Gasteiger partial charge in [0.05, 0.1) is 0 Å². The lowest BCUT2D eigenvalue weighted by Gasteiger charge is -2.24. The number of carbonyl (C=O) groups excluding carboxylic acids is 4. The minimum absolute atomic E-state index is 0.0205. The van der Waals surface area contributed by atoms with Crippen LogP contribution in [0, 0.1) is 23.2 Å². The van der Waals surface area contributed by atoms with Crippen molar-refractivity contribution in [2.75, 3.05) is 0 Å². The molecular weight excluding hydrogens is 424 g/mol. The maximum Gasteiger partial charge on any atom is 0.178 e. The maximum atomic E-state index is 13.4. The summed E-state index contributed by atoms with van der Waals surface area (Å²) in [5.74, 6) is 1.84. The fourth-order valence-corrected chi connectivity index (χ4v) is 6.06. The third kappa shape index (κ3) is 2.50. The molecule has 0 atom stereocenters. The van der Waals surface area contributed by atoms with Crippen LogP contribution in [0.1, 0.15) is 64.5 Å². The molecule has 0 fully saturated rings. The summed E-state index contributed by atoms with van der Waals surface area (Å²) >= 11 is 0. The van der Waals surface area contributed by atoms with E-state index in [-0.39, 0.29) is 36.0 Å². The van der Waals surface area contributed by atoms with Gasteiger partial charge in [0.15, 0.2) is 23.1 Å². The van der Waals surface area contributed by atoms with Gasteiger partial charge in [-0.15, -0.1) is 12.3 Å². The van der Waals surface area contributed by atoms with Crippen LogP contribution in [0.15, 0.2) is 66.7 Å². The molecule has 164 valence electrons. The summed E-state index contributed by atoms with van der Waals surface area (Å²) in [5, 5.41) is 0.